The van der Waals surface area contributed by atoms with E-state index in [1.165, 1.54) is 10.9 Å². The second-order valence-electron chi connectivity index (χ2n) is 5.79. The summed E-state index contributed by atoms with van der Waals surface area (Å²) in [5.41, 5.74) is 3.75. The summed E-state index contributed by atoms with van der Waals surface area (Å²) >= 11 is 5.33. The average molecular weight is 367 g/mol. The molecule has 0 amide bonds. The van der Waals surface area contributed by atoms with Crippen LogP contribution in [-0.4, -0.2) is 29.2 Å². The highest BCUT2D eigenvalue weighted by Gasteiger charge is 2.06. The van der Waals surface area contributed by atoms with Crippen molar-refractivity contribution in [3.63, 3.8) is 0 Å². The number of para-hydroxylation sites is 1. The molecule has 5 nitrogen and oxygen atoms in total. The van der Waals surface area contributed by atoms with Crippen LogP contribution in [0, 0.1) is 0 Å². The van der Waals surface area contributed by atoms with Gasteiger partial charge in [-0.05, 0) is 61.5 Å². The number of rotatable bonds is 6. The number of anilines is 1. The van der Waals surface area contributed by atoms with E-state index in [9.17, 15) is 4.79 Å². The Hall–Kier alpha value is -2.86. The smallest absolute Gasteiger partial charge is 0.338 e. The molecule has 0 aliphatic heterocycles. The molecule has 26 heavy (non-hydrogen) atoms. The number of ether oxygens (including phenoxy) is 1. The molecule has 0 aliphatic rings. The van der Waals surface area contributed by atoms with E-state index >= 15 is 0 Å². The number of thiocarbonyl (C=S) groups is 1. The number of benzene rings is 2. The van der Waals surface area contributed by atoms with Gasteiger partial charge in [0.25, 0.3) is 0 Å². The number of carbonyl (C=O) groups excluding carboxylic acids is 1. The van der Waals surface area contributed by atoms with Crippen LogP contribution in [0.1, 0.15) is 22.8 Å². The molecule has 3 rings (SSSR count). The first-order valence-corrected chi connectivity index (χ1v) is 8.95. The van der Waals surface area contributed by atoms with Crippen LogP contribution in [0.25, 0.3) is 10.9 Å². The molecule has 3 aromatic rings. The van der Waals surface area contributed by atoms with E-state index in [-0.39, 0.29) is 5.97 Å². The number of nitrogens with one attached hydrogen (secondary N) is 3. The zero-order chi connectivity index (χ0) is 18.4. The third-order valence-corrected chi connectivity index (χ3v) is 4.26. The Balaban J connectivity index is 1.49. The summed E-state index contributed by atoms with van der Waals surface area (Å²) in [5.74, 6) is -0.321. The molecule has 0 radical (unpaired) electrons. The number of esters is 1. The van der Waals surface area contributed by atoms with Gasteiger partial charge in [0.2, 0.25) is 0 Å². The standard InChI is InChI=1S/C20H21N3O2S/c1-2-25-19(24)14-7-9-16(10-8-14)23-20(26)21-12-11-15-13-22-18-6-4-3-5-17(15)18/h3-10,13,22H,2,11-12H2,1H3,(H2,21,23,26). The molecule has 0 aliphatic carbocycles. The molecule has 0 unspecified atom stereocenters. The normalized spacial score (nSPS) is 10.5. The van der Waals surface area contributed by atoms with Gasteiger partial charge in [0.15, 0.2) is 5.11 Å². The van der Waals surface area contributed by atoms with Crippen molar-refractivity contribution in [1.82, 2.24) is 10.3 Å². The van der Waals surface area contributed by atoms with E-state index in [1.807, 2.05) is 18.3 Å². The first-order chi connectivity index (χ1) is 12.7. The Morgan fingerprint density at radius 3 is 2.69 bits per heavy atom. The number of H-pyrrole nitrogens is 1. The van der Waals surface area contributed by atoms with E-state index in [0.717, 1.165) is 24.2 Å². The van der Waals surface area contributed by atoms with Crippen LogP contribution in [0.15, 0.2) is 54.7 Å². The molecular formula is C20H21N3O2S. The summed E-state index contributed by atoms with van der Waals surface area (Å²) in [6.07, 6.45) is 2.91. The fraction of sp³-hybridized carbons (Fsp3) is 0.200. The SMILES string of the molecule is CCOC(=O)c1ccc(NC(=S)NCCc2c[nH]c3ccccc23)cc1. The molecule has 1 aromatic heterocycles. The van der Waals surface area contributed by atoms with Crippen LogP contribution in [-0.2, 0) is 11.2 Å². The number of fused-ring (bicyclic) bond motifs is 1. The van der Waals surface area contributed by atoms with Gasteiger partial charge in [-0.2, -0.15) is 0 Å². The predicted octanol–water partition coefficient (Wildman–Crippen LogP) is 3.87. The number of aromatic nitrogens is 1. The minimum atomic E-state index is -0.321. The molecule has 0 spiro atoms. The quantitative estimate of drug-likeness (QED) is 0.456. The van der Waals surface area contributed by atoms with Gasteiger partial charge in [-0.15, -0.1) is 0 Å². The van der Waals surface area contributed by atoms with Crippen LogP contribution in [0.4, 0.5) is 5.69 Å². The Kier molecular flexibility index (Phi) is 5.86. The molecule has 0 saturated carbocycles. The molecule has 0 bridgehead atoms. The minimum Gasteiger partial charge on any atom is -0.462 e. The molecule has 0 fully saturated rings. The maximum absolute atomic E-state index is 11.6. The number of hydrogen-bond donors (Lipinski definition) is 3. The highest BCUT2D eigenvalue weighted by molar-refractivity contribution is 7.80. The summed E-state index contributed by atoms with van der Waals surface area (Å²) < 4.78 is 4.97. The molecule has 0 atom stereocenters. The third kappa shape index (κ3) is 4.40. The number of hydrogen-bond acceptors (Lipinski definition) is 3. The highest BCUT2D eigenvalue weighted by Crippen LogP contribution is 2.17. The van der Waals surface area contributed by atoms with Crippen LogP contribution in [0.2, 0.25) is 0 Å². The topological polar surface area (TPSA) is 66.2 Å². The van der Waals surface area contributed by atoms with Crippen molar-refractivity contribution in [2.24, 2.45) is 0 Å². The number of aromatic amines is 1. The van der Waals surface area contributed by atoms with Crippen molar-refractivity contribution in [2.75, 3.05) is 18.5 Å². The Morgan fingerprint density at radius 1 is 1.15 bits per heavy atom. The number of carbonyl (C=O) groups is 1. The van der Waals surface area contributed by atoms with Gasteiger partial charge in [-0.25, -0.2) is 4.79 Å². The lowest BCUT2D eigenvalue weighted by molar-refractivity contribution is 0.0526. The first-order valence-electron chi connectivity index (χ1n) is 8.54. The lowest BCUT2D eigenvalue weighted by Crippen LogP contribution is -2.30. The van der Waals surface area contributed by atoms with Gasteiger partial charge in [-0.3, -0.25) is 0 Å². The van der Waals surface area contributed by atoms with Gasteiger partial charge in [0, 0.05) is 29.3 Å². The van der Waals surface area contributed by atoms with Crippen molar-refractivity contribution in [3.05, 3.63) is 65.9 Å². The second kappa shape index (κ2) is 8.49. The molecular weight excluding hydrogens is 346 g/mol. The van der Waals surface area contributed by atoms with Crippen molar-refractivity contribution >= 4 is 39.9 Å². The fourth-order valence-electron chi connectivity index (χ4n) is 2.73. The van der Waals surface area contributed by atoms with E-state index < -0.39 is 0 Å². The lowest BCUT2D eigenvalue weighted by Gasteiger charge is -2.11. The second-order valence-corrected chi connectivity index (χ2v) is 6.20. The van der Waals surface area contributed by atoms with E-state index in [1.54, 1.807) is 31.2 Å². The molecule has 1 heterocycles. The summed E-state index contributed by atoms with van der Waals surface area (Å²) in [5, 5.41) is 8.11. The van der Waals surface area contributed by atoms with E-state index in [0.29, 0.717) is 17.3 Å². The summed E-state index contributed by atoms with van der Waals surface area (Å²) in [7, 11) is 0. The Labute approximate surface area is 157 Å². The van der Waals surface area contributed by atoms with E-state index in [4.69, 9.17) is 17.0 Å². The van der Waals surface area contributed by atoms with Gasteiger partial charge in [0.1, 0.15) is 0 Å². The zero-order valence-corrected chi connectivity index (χ0v) is 15.4. The van der Waals surface area contributed by atoms with Crippen molar-refractivity contribution in [2.45, 2.75) is 13.3 Å². The average Bonchev–Trinajstić information content (AvgIpc) is 3.06. The monoisotopic (exact) mass is 367 g/mol. The van der Waals surface area contributed by atoms with Crippen molar-refractivity contribution < 1.29 is 9.53 Å². The predicted molar refractivity (Wildman–Crippen MR) is 109 cm³/mol. The van der Waals surface area contributed by atoms with Gasteiger partial charge >= 0.3 is 5.97 Å². The van der Waals surface area contributed by atoms with Crippen molar-refractivity contribution in [3.8, 4) is 0 Å². The fourth-order valence-corrected chi connectivity index (χ4v) is 2.95. The van der Waals surface area contributed by atoms with Crippen LogP contribution < -0.4 is 10.6 Å². The van der Waals surface area contributed by atoms with Gasteiger partial charge < -0.3 is 20.4 Å². The maximum Gasteiger partial charge on any atom is 0.338 e. The Bertz CT molecular complexity index is 903. The van der Waals surface area contributed by atoms with E-state index in [2.05, 4.69) is 27.8 Å². The Morgan fingerprint density at radius 2 is 1.92 bits per heavy atom. The molecule has 0 saturated heterocycles. The minimum absolute atomic E-state index is 0.321. The maximum atomic E-state index is 11.6. The van der Waals surface area contributed by atoms with Crippen LogP contribution in [0.5, 0.6) is 0 Å². The first kappa shape index (κ1) is 17.9. The molecule has 2 aromatic carbocycles. The largest absolute Gasteiger partial charge is 0.462 e. The lowest BCUT2D eigenvalue weighted by atomic mass is 10.1. The zero-order valence-electron chi connectivity index (χ0n) is 14.5. The van der Waals surface area contributed by atoms with Gasteiger partial charge in [-0.1, -0.05) is 18.2 Å². The summed E-state index contributed by atoms with van der Waals surface area (Å²) in [4.78, 5) is 14.9. The van der Waals surface area contributed by atoms with Crippen LogP contribution >= 0.6 is 12.2 Å². The van der Waals surface area contributed by atoms with Gasteiger partial charge in [0.05, 0.1) is 12.2 Å². The molecule has 134 valence electrons. The third-order valence-electron chi connectivity index (χ3n) is 4.01. The molecule has 6 heteroatoms. The summed E-state index contributed by atoms with van der Waals surface area (Å²) in [6.45, 7) is 2.88. The highest BCUT2D eigenvalue weighted by atomic mass is 32.1. The van der Waals surface area contributed by atoms with Crippen LogP contribution in [0.3, 0.4) is 0 Å². The van der Waals surface area contributed by atoms with Crippen molar-refractivity contribution in [1.29, 1.82) is 0 Å². The molecule has 3 N–H and O–H groups in total. The summed E-state index contributed by atoms with van der Waals surface area (Å²) in [6, 6.07) is 15.3.